The maximum Gasteiger partial charge on any atom is 0.407 e. The number of thioether (sulfide) groups is 1. The minimum atomic E-state index is -0.948. The van der Waals surface area contributed by atoms with Crippen LogP contribution in [0.3, 0.4) is 0 Å². The first-order valence-corrected chi connectivity index (χ1v) is 8.59. The van der Waals surface area contributed by atoms with Crippen molar-refractivity contribution in [1.29, 1.82) is 0 Å². The summed E-state index contributed by atoms with van der Waals surface area (Å²) in [5.41, 5.74) is 2.12. The van der Waals surface area contributed by atoms with E-state index >= 15 is 0 Å². The van der Waals surface area contributed by atoms with E-state index in [2.05, 4.69) is 5.32 Å². The van der Waals surface area contributed by atoms with Gasteiger partial charge in [0.15, 0.2) is 0 Å². The lowest BCUT2D eigenvalue weighted by Gasteiger charge is -2.25. The molecule has 5 nitrogen and oxygen atoms in total. The lowest BCUT2D eigenvalue weighted by Crippen LogP contribution is -2.31. The SMILES string of the molecule is O=C(N[C@@H]1CCSc2cc(C(=O)O)ccc21)OCc1ccccc1. The molecule has 24 heavy (non-hydrogen) atoms. The van der Waals surface area contributed by atoms with Crippen molar-refractivity contribution in [2.45, 2.75) is 24.0 Å². The molecule has 124 valence electrons. The molecule has 2 aromatic carbocycles. The van der Waals surface area contributed by atoms with E-state index in [9.17, 15) is 9.59 Å². The average molecular weight is 343 g/mol. The molecule has 3 rings (SSSR count). The van der Waals surface area contributed by atoms with Crippen LogP contribution in [0.1, 0.15) is 33.9 Å². The van der Waals surface area contributed by atoms with E-state index in [0.717, 1.165) is 28.2 Å². The van der Waals surface area contributed by atoms with E-state index in [1.54, 1.807) is 30.0 Å². The zero-order valence-electron chi connectivity index (χ0n) is 12.9. The molecule has 1 amide bonds. The van der Waals surface area contributed by atoms with Gasteiger partial charge in [-0.1, -0.05) is 36.4 Å². The summed E-state index contributed by atoms with van der Waals surface area (Å²) in [5.74, 6) is -0.129. The van der Waals surface area contributed by atoms with Crippen LogP contribution in [0.15, 0.2) is 53.4 Å². The van der Waals surface area contributed by atoms with Crippen LogP contribution in [-0.4, -0.2) is 22.9 Å². The summed E-state index contributed by atoms with van der Waals surface area (Å²) >= 11 is 1.61. The van der Waals surface area contributed by atoms with Gasteiger partial charge in [0.1, 0.15) is 6.61 Å². The maximum absolute atomic E-state index is 12.0. The Morgan fingerprint density at radius 2 is 2.00 bits per heavy atom. The lowest BCUT2D eigenvalue weighted by atomic mass is 10.0. The molecule has 1 heterocycles. The summed E-state index contributed by atoms with van der Waals surface area (Å²) in [7, 11) is 0. The first-order chi connectivity index (χ1) is 11.6. The van der Waals surface area contributed by atoms with E-state index in [0.29, 0.717) is 0 Å². The molecule has 6 heteroatoms. The molecule has 1 aliphatic heterocycles. The Morgan fingerprint density at radius 1 is 1.21 bits per heavy atom. The molecule has 0 unspecified atom stereocenters. The van der Waals surface area contributed by atoms with Crippen LogP contribution in [-0.2, 0) is 11.3 Å². The minimum absolute atomic E-state index is 0.160. The van der Waals surface area contributed by atoms with E-state index in [-0.39, 0.29) is 18.2 Å². The first-order valence-electron chi connectivity index (χ1n) is 7.61. The van der Waals surface area contributed by atoms with Gasteiger partial charge in [-0.15, -0.1) is 11.8 Å². The second kappa shape index (κ2) is 7.40. The summed E-state index contributed by atoms with van der Waals surface area (Å²) < 4.78 is 5.26. The van der Waals surface area contributed by atoms with Gasteiger partial charge in [0.05, 0.1) is 11.6 Å². The number of hydrogen-bond donors (Lipinski definition) is 2. The highest BCUT2D eigenvalue weighted by molar-refractivity contribution is 7.99. The maximum atomic E-state index is 12.0. The van der Waals surface area contributed by atoms with Crippen LogP contribution in [0.5, 0.6) is 0 Å². The summed E-state index contributed by atoms with van der Waals surface area (Å²) in [6.45, 7) is 0.221. The molecular formula is C18H17NO4S. The second-order valence-corrected chi connectivity index (χ2v) is 6.59. The molecule has 0 aliphatic carbocycles. The first kappa shape index (κ1) is 16.4. The third-order valence-electron chi connectivity index (χ3n) is 3.80. The van der Waals surface area contributed by atoms with E-state index in [4.69, 9.17) is 9.84 Å². The van der Waals surface area contributed by atoms with Crippen molar-refractivity contribution < 1.29 is 19.4 Å². The number of alkyl carbamates (subject to hydrolysis) is 1. The molecule has 0 radical (unpaired) electrons. The number of carbonyl (C=O) groups is 2. The highest BCUT2D eigenvalue weighted by Crippen LogP contribution is 2.36. The largest absolute Gasteiger partial charge is 0.478 e. The number of carbonyl (C=O) groups excluding carboxylic acids is 1. The summed E-state index contributed by atoms with van der Waals surface area (Å²) in [6.07, 6.45) is 0.314. The molecule has 2 aromatic rings. The number of rotatable bonds is 4. The zero-order chi connectivity index (χ0) is 16.9. The minimum Gasteiger partial charge on any atom is -0.478 e. The fourth-order valence-corrected chi connectivity index (χ4v) is 3.74. The molecule has 0 bridgehead atoms. The molecule has 0 spiro atoms. The number of hydrogen-bond acceptors (Lipinski definition) is 4. The van der Waals surface area contributed by atoms with E-state index < -0.39 is 12.1 Å². The molecule has 0 fully saturated rings. The summed E-state index contributed by atoms with van der Waals surface area (Å²) in [4.78, 5) is 24.0. The molecular weight excluding hydrogens is 326 g/mol. The van der Waals surface area contributed by atoms with Crippen molar-refractivity contribution in [3.05, 3.63) is 65.2 Å². The van der Waals surface area contributed by atoms with Gasteiger partial charge in [-0.2, -0.15) is 0 Å². The van der Waals surface area contributed by atoms with Gasteiger partial charge in [-0.05, 0) is 29.7 Å². The standard InChI is InChI=1S/C18H17NO4S/c20-17(21)13-6-7-14-15(8-9-24-16(14)10-13)19-18(22)23-11-12-4-2-1-3-5-12/h1-7,10,15H,8-9,11H2,(H,19,22)(H,20,21)/t15-/m1/s1. The quantitative estimate of drug-likeness (QED) is 0.882. The van der Waals surface area contributed by atoms with Gasteiger partial charge in [0.2, 0.25) is 0 Å². The highest BCUT2D eigenvalue weighted by Gasteiger charge is 2.23. The normalized spacial score (nSPS) is 16.1. The van der Waals surface area contributed by atoms with Crippen LogP contribution in [0.2, 0.25) is 0 Å². The number of amides is 1. The van der Waals surface area contributed by atoms with Crippen LogP contribution in [0, 0.1) is 0 Å². The molecule has 0 aromatic heterocycles. The predicted molar refractivity (Wildman–Crippen MR) is 91.2 cm³/mol. The lowest BCUT2D eigenvalue weighted by molar-refractivity contribution is 0.0696. The van der Waals surface area contributed by atoms with Crippen molar-refractivity contribution in [2.75, 3.05) is 5.75 Å². The number of fused-ring (bicyclic) bond motifs is 1. The van der Waals surface area contributed by atoms with Crippen LogP contribution >= 0.6 is 11.8 Å². The average Bonchev–Trinajstić information content (AvgIpc) is 2.60. The van der Waals surface area contributed by atoms with Crippen molar-refractivity contribution in [3.63, 3.8) is 0 Å². The monoisotopic (exact) mass is 343 g/mol. The summed E-state index contributed by atoms with van der Waals surface area (Å²) in [6, 6.07) is 14.3. The van der Waals surface area contributed by atoms with Crippen LogP contribution in [0.4, 0.5) is 4.79 Å². The van der Waals surface area contributed by atoms with Gasteiger partial charge in [-0.3, -0.25) is 0 Å². The summed E-state index contributed by atoms with van der Waals surface area (Å²) in [5, 5.41) is 11.9. The highest BCUT2D eigenvalue weighted by atomic mass is 32.2. The molecule has 1 atom stereocenters. The Hall–Kier alpha value is -2.47. The topological polar surface area (TPSA) is 75.6 Å². The second-order valence-electron chi connectivity index (χ2n) is 5.45. The smallest absolute Gasteiger partial charge is 0.407 e. The van der Waals surface area contributed by atoms with Gasteiger partial charge in [-0.25, -0.2) is 9.59 Å². The Bertz CT molecular complexity index is 748. The van der Waals surface area contributed by atoms with Crippen LogP contribution in [0.25, 0.3) is 0 Å². The van der Waals surface area contributed by atoms with Crippen LogP contribution < -0.4 is 5.32 Å². The Labute approximate surface area is 144 Å². The van der Waals surface area contributed by atoms with Gasteiger partial charge in [0.25, 0.3) is 0 Å². The molecule has 2 N–H and O–H groups in total. The predicted octanol–water partition coefficient (Wildman–Crippen LogP) is 3.85. The number of carboxylic acids is 1. The molecule has 0 saturated heterocycles. The number of ether oxygens (including phenoxy) is 1. The third kappa shape index (κ3) is 3.89. The fourth-order valence-electron chi connectivity index (χ4n) is 2.58. The van der Waals surface area contributed by atoms with Crippen molar-refractivity contribution >= 4 is 23.8 Å². The van der Waals surface area contributed by atoms with Gasteiger partial charge < -0.3 is 15.2 Å². The Kier molecular flexibility index (Phi) is 5.05. The van der Waals surface area contributed by atoms with Gasteiger partial charge in [0, 0.05) is 10.6 Å². The number of aromatic carboxylic acids is 1. The number of benzene rings is 2. The van der Waals surface area contributed by atoms with E-state index in [1.807, 2.05) is 30.3 Å². The molecule has 0 saturated carbocycles. The number of carboxylic acid groups (broad SMARTS) is 1. The van der Waals surface area contributed by atoms with Crippen molar-refractivity contribution in [2.24, 2.45) is 0 Å². The Balaban J connectivity index is 1.64. The third-order valence-corrected chi connectivity index (χ3v) is 4.91. The number of nitrogens with one attached hydrogen (secondary N) is 1. The van der Waals surface area contributed by atoms with Gasteiger partial charge >= 0.3 is 12.1 Å². The van der Waals surface area contributed by atoms with Crippen molar-refractivity contribution in [1.82, 2.24) is 5.32 Å². The van der Waals surface area contributed by atoms with E-state index in [1.165, 1.54) is 0 Å². The molecule has 1 aliphatic rings. The fraction of sp³-hybridized carbons (Fsp3) is 0.222. The zero-order valence-corrected chi connectivity index (χ0v) is 13.7. The Morgan fingerprint density at radius 3 is 2.75 bits per heavy atom. The van der Waals surface area contributed by atoms with Crippen molar-refractivity contribution in [3.8, 4) is 0 Å².